The van der Waals surface area contributed by atoms with Gasteiger partial charge in [0.25, 0.3) is 0 Å². The summed E-state index contributed by atoms with van der Waals surface area (Å²) < 4.78 is 13.6. The predicted molar refractivity (Wildman–Crippen MR) is 69.5 cm³/mol. The van der Waals surface area contributed by atoms with Gasteiger partial charge in [-0.1, -0.05) is 17.7 Å². The molecule has 0 fully saturated rings. The van der Waals surface area contributed by atoms with Crippen molar-refractivity contribution in [3.8, 4) is 0 Å². The number of halogens is 2. The fourth-order valence-corrected chi connectivity index (χ4v) is 2.63. The molecule has 2 nitrogen and oxygen atoms in total. The zero-order valence-electron chi connectivity index (χ0n) is 8.99. The number of nitrogens with one attached hydrogen (secondary N) is 1. The molecular formula is C12H12ClFN2S. The van der Waals surface area contributed by atoms with Crippen LogP contribution in [0.15, 0.2) is 35.7 Å². The smallest absolute Gasteiger partial charge is 0.126 e. The van der Waals surface area contributed by atoms with E-state index in [2.05, 4.69) is 5.43 Å². The van der Waals surface area contributed by atoms with Crippen LogP contribution >= 0.6 is 22.9 Å². The van der Waals surface area contributed by atoms with Crippen molar-refractivity contribution in [3.63, 3.8) is 0 Å². The van der Waals surface area contributed by atoms with E-state index in [9.17, 15) is 4.39 Å². The second-order valence-electron chi connectivity index (χ2n) is 3.67. The molecule has 1 heterocycles. The molecule has 1 atom stereocenters. The topological polar surface area (TPSA) is 38.0 Å². The normalized spacial score (nSPS) is 12.6. The molecule has 2 aromatic rings. The number of nitrogens with two attached hydrogens (primary N) is 1. The first-order valence-corrected chi connectivity index (χ1v) is 6.40. The van der Waals surface area contributed by atoms with Gasteiger partial charge in [0.2, 0.25) is 0 Å². The van der Waals surface area contributed by atoms with Gasteiger partial charge in [-0.15, -0.1) is 11.3 Å². The van der Waals surface area contributed by atoms with Gasteiger partial charge in [0, 0.05) is 9.90 Å². The average molecular weight is 271 g/mol. The molecule has 0 saturated heterocycles. The Hall–Kier alpha value is -0.940. The fraction of sp³-hybridized carbons (Fsp3) is 0.167. The van der Waals surface area contributed by atoms with E-state index in [0.29, 0.717) is 17.0 Å². The van der Waals surface area contributed by atoms with Crippen molar-refractivity contribution in [2.45, 2.75) is 12.5 Å². The van der Waals surface area contributed by atoms with Gasteiger partial charge >= 0.3 is 0 Å². The van der Waals surface area contributed by atoms with Crippen molar-refractivity contribution >= 4 is 22.9 Å². The largest absolute Gasteiger partial charge is 0.271 e. The molecule has 90 valence electrons. The fourth-order valence-electron chi connectivity index (χ4n) is 1.65. The third-order valence-corrected chi connectivity index (χ3v) is 3.74. The molecule has 0 aliphatic rings. The summed E-state index contributed by atoms with van der Waals surface area (Å²) in [5.74, 6) is 5.24. The maximum absolute atomic E-state index is 13.6. The number of hydrogen-bond donors (Lipinski definition) is 2. The van der Waals surface area contributed by atoms with Gasteiger partial charge < -0.3 is 0 Å². The Morgan fingerprint density at radius 3 is 2.88 bits per heavy atom. The molecule has 1 aromatic heterocycles. The quantitative estimate of drug-likeness (QED) is 0.661. The number of hydrogen-bond acceptors (Lipinski definition) is 3. The van der Waals surface area contributed by atoms with E-state index in [1.54, 1.807) is 17.4 Å². The predicted octanol–water partition coefficient (Wildman–Crippen LogP) is 3.29. The second kappa shape index (κ2) is 5.60. The maximum atomic E-state index is 13.6. The molecule has 2 rings (SSSR count). The van der Waals surface area contributed by atoms with Crippen molar-refractivity contribution in [1.82, 2.24) is 5.43 Å². The van der Waals surface area contributed by atoms with Crippen molar-refractivity contribution in [2.24, 2.45) is 5.84 Å². The molecule has 1 unspecified atom stereocenters. The standard InChI is InChI=1S/C12H12ClFN2S/c13-9-3-4-10(14)8(6-9)7-11(16-15)12-2-1-5-17-12/h1-6,11,16H,7,15H2. The average Bonchev–Trinajstić information content (AvgIpc) is 2.84. The zero-order valence-corrected chi connectivity index (χ0v) is 10.6. The first-order valence-electron chi connectivity index (χ1n) is 5.14. The highest BCUT2D eigenvalue weighted by Crippen LogP contribution is 2.24. The van der Waals surface area contributed by atoms with E-state index >= 15 is 0 Å². The van der Waals surface area contributed by atoms with E-state index in [-0.39, 0.29) is 11.9 Å². The SMILES string of the molecule is NNC(Cc1cc(Cl)ccc1F)c1cccs1. The van der Waals surface area contributed by atoms with Crippen molar-refractivity contribution in [3.05, 3.63) is 57.0 Å². The Labute approximate surface area is 108 Å². The zero-order chi connectivity index (χ0) is 12.3. The highest BCUT2D eigenvalue weighted by molar-refractivity contribution is 7.10. The molecule has 0 radical (unpaired) electrons. The van der Waals surface area contributed by atoms with Crippen molar-refractivity contribution < 1.29 is 4.39 Å². The summed E-state index contributed by atoms with van der Waals surface area (Å²) in [6.45, 7) is 0. The van der Waals surface area contributed by atoms with Crippen LogP contribution in [-0.4, -0.2) is 0 Å². The van der Waals surface area contributed by atoms with Gasteiger partial charge in [-0.3, -0.25) is 11.3 Å². The summed E-state index contributed by atoms with van der Waals surface area (Å²) in [4.78, 5) is 1.08. The second-order valence-corrected chi connectivity index (χ2v) is 5.09. The Balaban J connectivity index is 2.21. The number of thiophene rings is 1. The Bertz CT molecular complexity index is 487. The Morgan fingerprint density at radius 2 is 2.24 bits per heavy atom. The minimum Gasteiger partial charge on any atom is -0.271 e. The molecule has 1 aromatic carbocycles. The van der Waals surface area contributed by atoms with Crippen LogP contribution in [0.25, 0.3) is 0 Å². The van der Waals surface area contributed by atoms with E-state index in [1.807, 2.05) is 17.5 Å². The third kappa shape index (κ3) is 3.04. The van der Waals surface area contributed by atoms with E-state index in [1.165, 1.54) is 12.1 Å². The highest BCUT2D eigenvalue weighted by atomic mass is 35.5. The van der Waals surface area contributed by atoms with Crippen molar-refractivity contribution in [1.29, 1.82) is 0 Å². The summed E-state index contributed by atoms with van der Waals surface area (Å²) in [5.41, 5.74) is 3.26. The Morgan fingerprint density at radius 1 is 1.41 bits per heavy atom. The van der Waals surface area contributed by atoms with Crippen LogP contribution in [0.3, 0.4) is 0 Å². The number of rotatable bonds is 4. The summed E-state index contributed by atoms with van der Waals surface area (Å²) >= 11 is 7.44. The van der Waals surface area contributed by atoms with Gasteiger partial charge in [0.1, 0.15) is 5.82 Å². The van der Waals surface area contributed by atoms with Crippen LogP contribution in [-0.2, 0) is 6.42 Å². The van der Waals surface area contributed by atoms with Gasteiger partial charge in [-0.25, -0.2) is 4.39 Å². The molecular weight excluding hydrogens is 259 g/mol. The van der Waals surface area contributed by atoms with E-state index < -0.39 is 0 Å². The van der Waals surface area contributed by atoms with E-state index in [4.69, 9.17) is 17.4 Å². The number of benzene rings is 1. The summed E-state index contributed by atoms with van der Waals surface area (Å²) in [7, 11) is 0. The molecule has 0 spiro atoms. The summed E-state index contributed by atoms with van der Waals surface area (Å²) in [5, 5.41) is 2.50. The lowest BCUT2D eigenvalue weighted by Gasteiger charge is -2.14. The monoisotopic (exact) mass is 270 g/mol. The van der Waals surface area contributed by atoms with Crippen LogP contribution in [0.2, 0.25) is 5.02 Å². The lowest BCUT2D eigenvalue weighted by atomic mass is 10.0. The molecule has 0 aliphatic heterocycles. The first kappa shape index (κ1) is 12.5. The first-order chi connectivity index (χ1) is 8.20. The minimum absolute atomic E-state index is 0.0945. The van der Waals surface area contributed by atoms with Gasteiger partial charge in [0.15, 0.2) is 0 Å². The lowest BCUT2D eigenvalue weighted by Crippen LogP contribution is -2.29. The maximum Gasteiger partial charge on any atom is 0.126 e. The van der Waals surface area contributed by atoms with Crippen LogP contribution < -0.4 is 11.3 Å². The lowest BCUT2D eigenvalue weighted by molar-refractivity contribution is 0.535. The molecule has 0 amide bonds. The number of hydrazine groups is 1. The van der Waals surface area contributed by atoms with Crippen LogP contribution in [0, 0.1) is 5.82 Å². The highest BCUT2D eigenvalue weighted by Gasteiger charge is 2.14. The van der Waals surface area contributed by atoms with Crippen LogP contribution in [0.5, 0.6) is 0 Å². The molecule has 5 heteroatoms. The molecule has 0 aliphatic carbocycles. The van der Waals surface area contributed by atoms with Gasteiger partial charge in [-0.2, -0.15) is 0 Å². The molecule has 17 heavy (non-hydrogen) atoms. The van der Waals surface area contributed by atoms with Crippen LogP contribution in [0.4, 0.5) is 4.39 Å². The minimum atomic E-state index is -0.258. The van der Waals surface area contributed by atoms with Crippen LogP contribution in [0.1, 0.15) is 16.5 Å². The Kier molecular flexibility index (Phi) is 4.12. The molecule has 3 N–H and O–H groups in total. The van der Waals surface area contributed by atoms with E-state index in [0.717, 1.165) is 4.88 Å². The third-order valence-electron chi connectivity index (χ3n) is 2.52. The van der Waals surface area contributed by atoms with Gasteiger partial charge in [-0.05, 0) is 41.6 Å². The molecule has 0 saturated carbocycles. The van der Waals surface area contributed by atoms with Gasteiger partial charge in [0.05, 0.1) is 6.04 Å². The van der Waals surface area contributed by atoms with Crippen molar-refractivity contribution in [2.75, 3.05) is 0 Å². The summed E-state index contributed by atoms with van der Waals surface area (Å²) in [6, 6.07) is 8.37. The molecule has 0 bridgehead atoms. The summed E-state index contributed by atoms with van der Waals surface area (Å²) in [6.07, 6.45) is 0.476.